The molecule has 0 aliphatic heterocycles. The number of carboxylic acid groups (broad SMARTS) is 1. The highest BCUT2D eigenvalue weighted by molar-refractivity contribution is 7.12. The fourth-order valence-corrected chi connectivity index (χ4v) is 2.85. The first-order chi connectivity index (χ1) is 9.19. The number of imidazole rings is 1. The van der Waals surface area contributed by atoms with Crippen molar-refractivity contribution in [2.45, 2.75) is 32.4 Å². The zero-order valence-electron chi connectivity index (χ0n) is 10.7. The van der Waals surface area contributed by atoms with Crippen LogP contribution in [0.5, 0.6) is 0 Å². The van der Waals surface area contributed by atoms with Gasteiger partial charge in [-0.15, -0.1) is 11.3 Å². The first kappa shape index (κ1) is 13.8. The van der Waals surface area contributed by atoms with Crippen LogP contribution in [-0.2, 0) is 17.8 Å². The lowest BCUT2D eigenvalue weighted by Crippen LogP contribution is -2.20. The van der Waals surface area contributed by atoms with Crippen molar-refractivity contribution in [2.24, 2.45) is 0 Å². The number of rotatable bonds is 7. The molecule has 0 bridgehead atoms. The van der Waals surface area contributed by atoms with Gasteiger partial charge in [-0.25, -0.2) is 4.98 Å². The molecule has 0 aliphatic carbocycles. The molecule has 2 aromatic heterocycles. The minimum Gasteiger partial charge on any atom is -0.481 e. The number of carbonyl (C=O) groups is 1. The Morgan fingerprint density at radius 1 is 1.53 bits per heavy atom. The van der Waals surface area contributed by atoms with Crippen molar-refractivity contribution < 1.29 is 9.90 Å². The molecule has 0 spiro atoms. The van der Waals surface area contributed by atoms with Gasteiger partial charge in [0.15, 0.2) is 0 Å². The molecule has 1 unspecified atom stereocenters. The van der Waals surface area contributed by atoms with Crippen LogP contribution in [0.25, 0.3) is 0 Å². The van der Waals surface area contributed by atoms with Crippen LogP contribution in [0.1, 0.15) is 35.0 Å². The van der Waals surface area contributed by atoms with Gasteiger partial charge in [-0.3, -0.25) is 4.79 Å². The van der Waals surface area contributed by atoms with Crippen LogP contribution in [0.15, 0.2) is 24.5 Å². The van der Waals surface area contributed by atoms with E-state index in [1.54, 1.807) is 6.20 Å². The predicted octanol–water partition coefficient (Wildman–Crippen LogP) is 2.34. The number of aromatic nitrogens is 2. The van der Waals surface area contributed by atoms with Crippen molar-refractivity contribution in [1.29, 1.82) is 0 Å². The van der Waals surface area contributed by atoms with Crippen LogP contribution >= 0.6 is 11.3 Å². The first-order valence-corrected chi connectivity index (χ1v) is 7.02. The Morgan fingerprint density at radius 3 is 2.95 bits per heavy atom. The fourth-order valence-electron chi connectivity index (χ4n) is 1.89. The summed E-state index contributed by atoms with van der Waals surface area (Å²) in [4.78, 5) is 20.0. The molecule has 0 fully saturated rings. The van der Waals surface area contributed by atoms with E-state index >= 15 is 0 Å². The smallest absolute Gasteiger partial charge is 0.308 e. The minimum absolute atomic E-state index is 0.0973. The molecule has 5 nitrogen and oxygen atoms in total. The van der Waals surface area contributed by atoms with Crippen LogP contribution in [0, 0.1) is 0 Å². The van der Waals surface area contributed by atoms with Gasteiger partial charge in [0.25, 0.3) is 0 Å². The summed E-state index contributed by atoms with van der Waals surface area (Å²) in [6.07, 6.45) is 4.60. The third-order valence-electron chi connectivity index (χ3n) is 2.82. The highest BCUT2D eigenvalue weighted by atomic mass is 32.1. The van der Waals surface area contributed by atoms with Gasteiger partial charge in [-0.2, -0.15) is 0 Å². The molecule has 0 saturated heterocycles. The van der Waals surface area contributed by atoms with Crippen LogP contribution in [0.4, 0.5) is 0 Å². The zero-order chi connectivity index (χ0) is 13.7. The van der Waals surface area contributed by atoms with Gasteiger partial charge < -0.3 is 15.4 Å². The Morgan fingerprint density at radius 2 is 2.32 bits per heavy atom. The Labute approximate surface area is 115 Å². The molecule has 0 amide bonds. The Balaban J connectivity index is 1.90. The second-order valence-electron chi connectivity index (χ2n) is 4.25. The van der Waals surface area contributed by atoms with Gasteiger partial charge in [0, 0.05) is 28.7 Å². The van der Waals surface area contributed by atoms with Crippen molar-refractivity contribution in [3.63, 3.8) is 0 Å². The van der Waals surface area contributed by atoms with Crippen LogP contribution in [-0.4, -0.2) is 21.0 Å². The number of aliphatic carboxylic acids is 1. The quantitative estimate of drug-likeness (QED) is 0.727. The Bertz CT molecular complexity index is 522. The van der Waals surface area contributed by atoms with E-state index in [1.165, 1.54) is 11.3 Å². The van der Waals surface area contributed by atoms with Crippen molar-refractivity contribution >= 4 is 17.3 Å². The topological polar surface area (TPSA) is 78.0 Å². The molecular formula is C13H17N3O2S. The number of nitrogens with zero attached hydrogens (tertiary/aromatic N) is 1. The number of hydrogen-bond acceptors (Lipinski definition) is 4. The molecule has 0 aromatic carbocycles. The van der Waals surface area contributed by atoms with E-state index in [1.807, 2.05) is 18.3 Å². The SMILES string of the molecule is CCC(NCc1ccc(CC(=O)O)s1)c1ncc[nH]1. The van der Waals surface area contributed by atoms with E-state index in [0.717, 1.165) is 28.5 Å². The molecular weight excluding hydrogens is 262 g/mol. The average Bonchev–Trinajstić information content (AvgIpc) is 3.01. The fraction of sp³-hybridized carbons (Fsp3) is 0.385. The number of H-pyrrole nitrogens is 1. The normalized spacial score (nSPS) is 12.5. The Hall–Kier alpha value is -1.66. The van der Waals surface area contributed by atoms with Gasteiger partial charge in [-0.05, 0) is 18.6 Å². The molecule has 0 radical (unpaired) electrons. The van der Waals surface area contributed by atoms with Crippen molar-refractivity contribution in [3.8, 4) is 0 Å². The van der Waals surface area contributed by atoms with Crippen LogP contribution < -0.4 is 5.32 Å². The second kappa shape index (κ2) is 6.49. The Kier molecular flexibility index (Phi) is 4.70. The number of hydrogen-bond donors (Lipinski definition) is 3. The number of nitrogens with one attached hydrogen (secondary N) is 2. The number of thiophene rings is 1. The summed E-state index contributed by atoms with van der Waals surface area (Å²) in [5, 5.41) is 12.2. The predicted molar refractivity (Wildman–Crippen MR) is 74.1 cm³/mol. The van der Waals surface area contributed by atoms with Gasteiger partial charge in [0.05, 0.1) is 12.5 Å². The van der Waals surface area contributed by atoms with Gasteiger partial charge in [0.1, 0.15) is 5.82 Å². The first-order valence-electron chi connectivity index (χ1n) is 6.21. The summed E-state index contributed by atoms with van der Waals surface area (Å²) in [6, 6.07) is 4.05. The summed E-state index contributed by atoms with van der Waals surface area (Å²) in [6.45, 7) is 2.83. The lowest BCUT2D eigenvalue weighted by atomic mass is 10.2. The maximum atomic E-state index is 10.6. The van der Waals surface area contributed by atoms with Crippen LogP contribution in [0.3, 0.4) is 0 Å². The summed E-state index contributed by atoms with van der Waals surface area (Å²) in [7, 11) is 0. The zero-order valence-corrected chi connectivity index (χ0v) is 11.5. The maximum absolute atomic E-state index is 10.6. The van der Waals surface area contributed by atoms with Crippen molar-refractivity contribution in [3.05, 3.63) is 40.1 Å². The molecule has 2 heterocycles. The van der Waals surface area contributed by atoms with Gasteiger partial charge >= 0.3 is 5.97 Å². The van der Waals surface area contributed by atoms with E-state index in [9.17, 15) is 4.79 Å². The standard InChI is InChI=1S/C13H17N3O2S/c1-2-11(13-14-5-6-15-13)16-8-10-4-3-9(19-10)7-12(17)18/h3-6,11,16H,2,7-8H2,1H3,(H,14,15)(H,17,18). The highest BCUT2D eigenvalue weighted by Crippen LogP contribution is 2.19. The third-order valence-corrected chi connectivity index (χ3v) is 3.91. The highest BCUT2D eigenvalue weighted by Gasteiger charge is 2.11. The summed E-state index contributed by atoms with van der Waals surface area (Å²) in [5.41, 5.74) is 0. The van der Waals surface area contributed by atoms with E-state index in [0.29, 0.717) is 0 Å². The molecule has 0 aliphatic rings. The van der Waals surface area contributed by atoms with E-state index in [4.69, 9.17) is 5.11 Å². The second-order valence-corrected chi connectivity index (χ2v) is 5.51. The number of aromatic amines is 1. The summed E-state index contributed by atoms with van der Waals surface area (Å²) in [5.74, 6) is 0.146. The van der Waals surface area contributed by atoms with Crippen LogP contribution in [0.2, 0.25) is 0 Å². The summed E-state index contributed by atoms with van der Waals surface area (Å²) >= 11 is 1.54. The minimum atomic E-state index is -0.789. The van der Waals surface area contributed by atoms with E-state index in [-0.39, 0.29) is 12.5 Å². The molecule has 102 valence electrons. The van der Waals surface area contributed by atoms with Gasteiger partial charge in [-0.1, -0.05) is 6.92 Å². The average molecular weight is 279 g/mol. The van der Waals surface area contributed by atoms with E-state index < -0.39 is 5.97 Å². The molecule has 2 aromatic rings. The third kappa shape index (κ3) is 3.90. The molecule has 1 atom stereocenters. The van der Waals surface area contributed by atoms with Gasteiger partial charge in [0.2, 0.25) is 0 Å². The maximum Gasteiger partial charge on any atom is 0.308 e. The molecule has 0 saturated carbocycles. The van der Waals surface area contributed by atoms with Crippen molar-refractivity contribution in [2.75, 3.05) is 0 Å². The number of carboxylic acids is 1. The molecule has 3 N–H and O–H groups in total. The van der Waals surface area contributed by atoms with E-state index in [2.05, 4.69) is 22.2 Å². The van der Waals surface area contributed by atoms with Crippen molar-refractivity contribution in [1.82, 2.24) is 15.3 Å². The largest absolute Gasteiger partial charge is 0.481 e. The molecule has 6 heteroatoms. The lowest BCUT2D eigenvalue weighted by Gasteiger charge is -2.13. The summed E-state index contributed by atoms with van der Waals surface area (Å²) < 4.78 is 0. The molecule has 2 rings (SSSR count). The monoisotopic (exact) mass is 279 g/mol. The lowest BCUT2D eigenvalue weighted by molar-refractivity contribution is -0.136. The molecule has 19 heavy (non-hydrogen) atoms.